The number of nitrogens with zero attached hydrogens (tertiary/aromatic N) is 2. The fourth-order valence-electron chi connectivity index (χ4n) is 4.38. The molecule has 31 heavy (non-hydrogen) atoms. The molecule has 2 fully saturated rings. The Labute approximate surface area is 186 Å². The van der Waals surface area contributed by atoms with Crippen molar-refractivity contribution >= 4 is 21.8 Å². The van der Waals surface area contributed by atoms with Crippen LogP contribution in [0.4, 0.5) is 0 Å². The molecule has 0 bridgehead atoms. The number of hydrogen-bond acceptors (Lipinski definition) is 4. The molecule has 1 atom stereocenters. The lowest BCUT2D eigenvalue weighted by atomic mass is 9.88. The number of sulfonamides is 1. The van der Waals surface area contributed by atoms with Crippen LogP contribution in [-0.2, 0) is 14.8 Å². The maximum atomic E-state index is 13.4. The van der Waals surface area contributed by atoms with Crippen LogP contribution in [0.2, 0.25) is 0 Å². The molecule has 0 saturated carbocycles. The molecule has 7 nitrogen and oxygen atoms in total. The van der Waals surface area contributed by atoms with Gasteiger partial charge in [-0.1, -0.05) is 17.7 Å². The minimum atomic E-state index is -3.31. The van der Waals surface area contributed by atoms with Crippen LogP contribution in [0.25, 0.3) is 0 Å². The van der Waals surface area contributed by atoms with E-state index >= 15 is 0 Å². The normalized spacial score (nSPS) is 19.9. The Bertz CT molecular complexity index is 869. The van der Waals surface area contributed by atoms with Crippen molar-refractivity contribution < 1.29 is 18.0 Å². The van der Waals surface area contributed by atoms with Crippen LogP contribution in [0.15, 0.2) is 24.3 Å². The summed E-state index contributed by atoms with van der Waals surface area (Å²) in [6.45, 7) is 7.54. The zero-order chi connectivity index (χ0) is 22.6. The number of aryl methyl sites for hydroxylation is 1. The second-order valence-corrected chi connectivity index (χ2v) is 11.5. The molecule has 0 radical (unpaired) electrons. The van der Waals surface area contributed by atoms with Crippen LogP contribution < -0.4 is 5.32 Å². The van der Waals surface area contributed by atoms with Gasteiger partial charge in [0.2, 0.25) is 15.9 Å². The Kier molecular flexibility index (Phi) is 7.75. The molecule has 2 amide bonds. The van der Waals surface area contributed by atoms with E-state index < -0.39 is 21.3 Å². The number of piperidine rings is 2. The van der Waals surface area contributed by atoms with Crippen molar-refractivity contribution in [1.82, 2.24) is 14.5 Å². The van der Waals surface area contributed by atoms with Crippen molar-refractivity contribution in [2.75, 3.05) is 26.2 Å². The molecule has 2 heterocycles. The average Bonchev–Trinajstić information content (AvgIpc) is 2.78. The van der Waals surface area contributed by atoms with Gasteiger partial charge in [0, 0.05) is 31.7 Å². The van der Waals surface area contributed by atoms with Gasteiger partial charge in [-0.3, -0.25) is 9.59 Å². The predicted molar refractivity (Wildman–Crippen MR) is 121 cm³/mol. The van der Waals surface area contributed by atoms with Crippen LogP contribution in [0.3, 0.4) is 0 Å². The topological polar surface area (TPSA) is 86.8 Å². The van der Waals surface area contributed by atoms with Crippen molar-refractivity contribution in [3.8, 4) is 0 Å². The fraction of sp³-hybridized carbons (Fsp3) is 0.652. The predicted octanol–water partition coefficient (Wildman–Crippen LogP) is 2.56. The molecule has 1 N–H and O–H groups in total. The van der Waals surface area contributed by atoms with E-state index in [1.54, 1.807) is 26.0 Å². The molecule has 172 valence electrons. The number of carbonyl (C=O) groups excluding carboxylic acids is 2. The maximum Gasteiger partial charge on any atom is 0.251 e. The van der Waals surface area contributed by atoms with Crippen LogP contribution >= 0.6 is 0 Å². The monoisotopic (exact) mass is 449 g/mol. The van der Waals surface area contributed by atoms with Crippen LogP contribution in [0.1, 0.15) is 61.9 Å². The lowest BCUT2D eigenvalue weighted by Gasteiger charge is -2.38. The molecule has 0 spiro atoms. The summed E-state index contributed by atoms with van der Waals surface area (Å²) >= 11 is 0. The Hall–Kier alpha value is -1.93. The highest BCUT2D eigenvalue weighted by Crippen LogP contribution is 2.26. The number of rotatable bonds is 6. The molecule has 1 aromatic rings. The lowest BCUT2D eigenvalue weighted by molar-refractivity contribution is -0.135. The molecule has 0 aromatic heterocycles. The molecule has 0 aliphatic carbocycles. The molecule has 1 unspecified atom stereocenters. The summed E-state index contributed by atoms with van der Waals surface area (Å²) in [4.78, 5) is 28.2. The molecule has 3 rings (SSSR count). The van der Waals surface area contributed by atoms with Crippen molar-refractivity contribution in [3.63, 3.8) is 0 Å². The minimum Gasteiger partial charge on any atom is -0.341 e. The van der Waals surface area contributed by atoms with Gasteiger partial charge >= 0.3 is 0 Å². The number of likely N-dealkylation sites (tertiary alicyclic amines) is 1. The van der Waals surface area contributed by atoms with Crippen LogP contribution in [0.5, 0.6) is 0 Å². The number of nitrogens with one attached hydrogen (secondary N) is 1. The van der Waals surface area contributed by atoms with Gasteiger partial charge in [0.05, 0.1) is 5.25 Å². The Morgan fingerprint density at radius 3 is 2.10 bits per heavy atom. The summed E-state index contributed by atoms with van der Waals surface area (Å²) in [6, 6.07) is 6.67. The highest BCUT2D eigenvalue weighted by molar-refractivity contribution is 7.89. The average molecular weight is 450 g/mol. The van der Waals surface area contributed by atoms with Crippen molar-refractivity contribution in [2.45, 2.75) is 64.2 Å². The largest absolute Gasteiger partial charge is 0.341 e. The lowest BCUT2D eigenvalue weighted by Crippen LogP contribution is -2.55. The van der Waals surface area contributed by atoms with E-state index in [1.165, 1.54) is 4.31 Å². The van der Waals surface area contributed by atoms with Gasteiger partial charge in [-0.25, -0.2) is 12.7 Å². The summed E-state index contributed by atoms with van der Waals surface area (Å²) in [5.41, 5.74) is 1.60. The molecular formula is C23H35N3O4S. The summed E-state index contributed by atoms with van der Waals surface area (Å²) in [7, 11) is -3.31. The SMILES string of the molecule is Cc1ccc(C(=O)NC(C(=O)N2CCCCC2)C2CCN(S(=O)(=O)C(C)C)CC2)cc1. The van der Waals surface area contributed by atoms with Gasteiger partial charge in [0.1, 0.15) is 6.04 Å². The summed E-state index contributed by atoms with van der Waals surface area (Å²) in [5.74, 6) is -0.375. The Balaban J connectivity index is 1.75. The first kappa shape index (κ1) is 23.7. The second kappa shape index (κ2) is 10.1. The number of hydrogen-bond donors (Lipinski definition) is 1. The zero-order valence-corrected chi connectivity index (χ0v) is 19.7. The Morgan fingerprint density at radius 2 is 1.55 bits per heavy atom. The maximum absolute atomic E-state index is 13.4. The highest BCUT2D eigenvalue weighted by Gasteiger charge is 2.38. The van der Waals surface area contributed by atoms with Crippen LogP contribution in [-0.4, -0.2) is 66.9 Å². The number of amides is 2. The van der Waals surface area contributed by atoms with Crippen molar-refractivity contribution in [1.29, 1.82) is 0 Å². The molecule has 1 aromatic carbocycles. The first-order valence-corrected chi connectivity index (χ1v) is 12.9. The number of carbonyl (C=O) groups is 2. The van der Waals surface area contributed by atoms with Gasteiger partial charge < -0.3 is 10.2 Å². The smallest absolute Gasteiger partial charge is 0.251 e. The summed E-state index contributed by atoms with van der Waals surface area (Å²) < 4.78 is 26.6. The van der Waals surface area contributed by atoms with E-state index in [2.05, 4.69) is 5.32 Å². The molecule has 2 saturated heterocycles. The molecular weight excluding hydrogens is 414 g/mol. The summed E-state index contributed by atoms with van der Waals surface area (Å²) in [5, 5.41) is 2.54. The first-order chi connectivity index (χ1) is 14.7. The minimum absolute atomic E-state index is 0.0367. The molecule has 2 aliphatic rings. The Morgan fingerprint density at radius 1 is 0.968 bits per heavy atom. The highest BCUT2D eigenvalue weighted by atomic mass is 32.2. The molecule has 8 heteroatoms. The third-order valence-electron chi connectivity index (χ3n) is 6.46. The zero-order valence-electron chi connectivity index (χ0n) is 18.8. The van der Waals surface area contributed by atoms with Gasteiger partial charge in [-0.15, -0.1) is 0 Å². The van der Waals surface area contributed by atoms with E-state index in [0.29, 0.717) is 31.5 Å². The second-order valence-electron chi connectivity index (χ2n) is 9.03. The standard InChI is InChI=1S/C23H35N3O4S/c1-17(2)31(29,30)26-15-11-19(12-16-26)21(23(28)25-13-5-4-6-14-25)24-22(27)20-9-7-18(3)8-10-20/h7-10,17,19,21H,4-6,11-16H2,1-3H3,(H,24,27). The third kappa shape index (κ3) is 5.66. The summed E-state index contributed by atoms with van der Waals surface area (Å²) in [6.07, 6.45) is 4.20. The van der Waals surface area contributed by atoms with Gasteiger partial charge in [-0.2, -0.15) is 0 Å². The van der Waals surface area contributed by atoms with Gasteiger partial charge in [0.25, 0.3) is 5.91 Å². The van der Waals surface area contributed by atoms with Gasteiger partial charge in [0.15, 0.2) is 0 Å². The first-order valence-electron chi connectivity index (χ1n) is 11.4. The fourth-order valence-corrected chi connectivity index (χ4v) is 5.70. The van der Waals surface area contributed by atoms with Crippen molar-refractivity contribution in [2.24, 2.45) is 5.92 Å². The van der Waals surface area contributed by atoms with E-state index in [1.807, 2.05) is 24.0 Å². The third-order valence-corrected chi connectivity index (χ3v) is 8.74. The number of benzene rings is 1. The van der Waals surface area contributed by atoms with Crippen molar-refractivity contribution in [3.05, 3.63) is 35.4 Å². The van der Waals surface area contributed by atoms with E-state index in [9.17, 15) is 18.0 Å². The quantitative estimate of drug-likeness (QED) is 0.723. The van der Waals surface area contributed by atoms with E-state index in [4.69, 9.17) is 0 Å². The molecule has 2 aliphatic heterocycles. The van der Waals surface area contributed by atoms with E-state index in [-0.39, 0.29) is 17.7 Å². The van der Waals surface area contributed by atoms with E-state index in [0.717, 1.165) is 37.9 Å². The van der Waals surface area contributed by atoms with Crippen LogP contribution in [0, 0.1) is 12.8 Å². The van der Waals surface area contributed by atoms with Gasteiger partial charge in [-0.05, 0) is 70.9 Å².